The molecule has 4 rings (SSSR count). The van der Waals surface area contributed by atoms with Crippen molar-refractivity contribution in [2.75, 3.05) is 57.3 Å². The summed E-state index contributed by atoms with van der Waals surface area (Å²) in [5.74, 6) is 0. The maximum Gasteiger partial charge on any atom is 0.210 e. The van der Waals surface area contributed by atoms with Crippen LogP contribution in [0.4, 0.5) is 11.4 Å². The van der Waals surface area contributed by atoms with Crippen LogP contribution >= 0.6 is 24.0 Å². The number of hydroxylamine groups is 6. The van der Waals surface area contributed by atoms with Crippen LogP contribution in [0.2, 0.25) is 5.02 Å². The van der Waals surface area contributed by atoms with Crippen molar-refractivity contribution in [1.82, 2.24) is 0 Å². The number of para-hydroxylation sites is 1. The maximum atomic E-state index is 13.1. The van der Waals surface area contributed by atoms with Gasteiger partial charge >= 0.3 is 0 Å². The van der Waals surface area contributed by atoms with Crippen molar-refractivity contribution in [2.24, 2.45) is 0 Å². The number of nitrogens with zero attached hydrogens (tertiary/aromatic N) is 3. The summed E-state index contributed by atoms with van der Waals surface area (Å²) in [5.41, 5.74) is 1.09. The van der Waals surface area contributed by atoms with Crippen molar-refractivity contribution in [2.45, 2.75) is 16.2 Å². The quantitative estimate of drug-likeness (QED) is 0.479. The molecule has 0 aromatic heterocycles. The molecule has 176 valence electrons. The molecule has 2 aromatic carbocycles. The van der Waals surface area contributed by atoms with Crippen LogP contribution in [-0.4, -0.2) is 75.2 Å². The topological polar surface area (TPSA) is 104 Å². The summed E-state index contributed by atoms with van der Waals surface area (Å²) in [7, 11) is -3.65. The Morgan fingerprint density at radius 1 is 0.938 bits per heavy atom. The smallest absolute Gasteiger partial charge is 0.210 e. The van der Waals surface area contributed by atoms with Crippen LogP contribution < -0.4 is 4.90 Å². The number of rotatable bonds is 6. The number of aliphatic hydroxyl groups excluding tert-OH is 1. The Balaban J connectivity index is 0.00000289. The van der Waals surface area contributed by atoms with Crippen molar-refractivity contribution < 1.29 is 22.8 Å². The number of hydrogen-bond donors (Lipinski definition) is 1. The van der Waals surface area contributed by atoms with Gasteiger partial charge in [-0.1, -0.05) is 23.7 Å². The molecule has 0 radical (unpaired) electrons. The highest BCUT2D eigenvalue weighted by atomic mass is 35.5. The van der Waals surface area contributed by atoms with Crippen molar-refractivity contribution in [3.63, 3.8) is 0 Å². The van der Waals surface area contributed by atoms with Crippen LogP contribution in [0.1, 0.15) is 6.42 Å². The van der Waals surface area contributed by atoms with Gasteiger partial charge in [-0.05, 0) is 30.3 Å². The molecule has 2 aromatic rings. The van der Waals surface area contributed by atoms with Gasteiger partial charge in [0.15, 0.2) is 0 Å². The van der Waals surface area contributed by atoms with Gasteiger partial charge in [-0.25, -0.2) is 8.42 Å². The van der Waals surface area contributed by atoms with E-state index in [0.29, 0.717) is 35.9 Å². The zero-order valence-electron chi connectivity index (χ0n) is 17.5. The molecule has 0 spiro atoms. The number of aliphatic hydroxyl groups is 1. The minimum Gasteiger partial charge on any atom is -0.632 e. The van der Waals surface area contributed by atoms with Gasteiger partial charge in [0.05, 0.1) is 34.3 Å². The molecule has 1 saturated heterocycles. The van der Waals surface area contributed by atoms with Gasteiger partial charge in [-0.2, -0.15) is 0 Å². The fraction of sp³-hybridized carbons (Fsp3) is 0.429. The Morgan fingerprint density at radius 2 is 1.53 bits per heavy atom. The molecule has 11 heteroatoms. The van der Waals surface area contributed by atoms with E-state index in [1.807, 2.05) is 4.90 Å². The lowest BCUT2D eigenvalue weighted by molar-refractivity contribution is -0.989. The summed E-state index contributed by atoms with van der Waals surface area (Å²) in [5, 5.41) is 35.0. The molecule has 2 heterocycles. The molecule has 0 unspecified atom stereocenters. The Hall–Kier alpha value is -1.43. The highest BCUT2D eigenvalue weighted by Crippen LogP contribution is 2.44. The second kappa shape index (κ2) is 9.44. The van der Waals surface area contributed by atoms with Gasteiger partial charge in [-0.15, -0.1) is 12.4 Å². The van der Waals surface area contributed by atoms with Crippen LogP contribution in [0.5, 0.6) is 0 Å². The van der Waals surface area contributed by atoms with Crippen molar-refractivity contribution in [3.8, 4) is 0 Å². The van der Waals surface area contributed by atoms with Crippen LogP contribution in [0.25, 0.3) is 0 Å². The first-order valence-electron chi connectivity index (χ1n) is 10.3. The molecule has 8 nitrogen and oxygen atoms in total. The third-order valence-corrected chi connectivity index (χ3v) is 8.32. The summed E-state index contributed by atoms with van der Waals surface area (Å²) in [4.78, 5) is 2.36. The van der Waals surface area contributed by atoms with Gasteiger partial charge in [0.2, 0.25) is 9.84 Å². The molecule has 2 aliphatic rings. The number of quaternary nitrogens is 2. The van der Waals surface area contributed by atoms with E-state index in [9.17, 15) is 18.8 Å². The summed E-state index contributed by atoms with van der Waals surface area (Å²) in [6.07, 6.45) is 0.530. The van der Waals surface area contributed by atoms with E-state index in [0.717, 1.165) is 0 Å². The number of hydrogen-bond acceptors (Lipinski definition) is 6. The average Bonchev–Trinajstić information content (AvgIpc) is 2.73. The zero-order valence-corrected chi connectivity index (χ0v) is 19.9. The summed E-state index contributed by atoms with van der Waals surface area (Å²) in [6.45, 7) is 1.57. The first-order valence-corrected chi connectivity index (χ1v) is 12.2. The predicted molar refractivity (Wildman–Crippen MR) is 126 cm³/mol. The SMILES string of the molecule is Cl.O=S1(=O)c2ccccc2N(CCC[N+]2([O-])CC[N+]([O-])(CCO)CC2)c2cc(Cl)ccc21. The molecule has 2 aliphatic heterocycles. The third kappa shape index (κ3) is 4.76. The van der Waals surface area contributed by atoms with Gasteiger partial charge in [-0.3, -0.25) is 0 Å². The monoisotopic (exact) mass is 503 g/mol. The van der Waals surface area contributed by atoms with E-state index in [-0.39, 0.29) is 61.5 Å². The maximum absolute atomic E-state index is 13.1. The molecule has 0 aliphatic carbocycles. The zero-order chi connectivity index (χ0) is 22.3. The molecular formula is C21H27Cl2N3O5S. The minimum absolute atomic E-state index is 0. The lowest BCUT2D eigenvalue weighted by atomic mass is 10.2. The van der Waals surface area contributed by atoms with E-state index in [4.69, 9.17) is 16.7 Å². The number of anilines is 2. The van der Waals surface area contributed by atoms with Gasteiger partial charge in [0, 0.05) is 18.0 Å². The molecule has 0 amide bonds. The first kappa shape index (κ1) is 25.2. The van der Waals surface area contributed by atoms with E-state index in [1.165, 1.54) is 6.07 Å². The van der Waals surface area contributed by atoms with Crippen LogP contribution in [-0.2, 0) is 9.84 Å². The Labute approximate surface area is 199 Å². The van der Waals surface area contributed by atoms with Crippen LogP contribution in [0.3, 0.4) is 0 Å². The number of fused-ring (bicyclic) bond motifs is 2. The highest BCUT2D eigenvalue weighted by Gasteiger charge is 2.35. The lowest BCUT2D eigenvalue weighted by Gasteiger charge is -2.54. The Bertz CT molecular complexity index is 1070. The molecule has 0 bridgehead atoms. The predicted octanol–water partition coefficient (Wildman–Crippen LogP) is 3.07. The second-order valence-corrected chi connectivity index (χ2v) is 10.6. The highest BCUT2D eigenvalue weighted by molar-refractivity contribution is 7.92. The molecule has 1 N–H and O–H groups in total. The number of benzene rings is 2. The fourth-order valence-electron chi connectivity index (χ4n) is 4.42. The fourth-order valence-corrected chi connectivity index (χ4v) is 6.23. The summed E-state index contributed by atoms with van der Waals surface area (Å²) >= 11 is 6.17. The number of halogens is 2. The van der Waals surface area contributed by atoms with E-state index < -0.39 is 19.1 Å². The minimum atomic E-state index is -3.65. The van der Waals surface area contributed by atoms with Crippen LogP contribution in [0.15, 0.2) is 52.3 Å². The standard InChI is InChI=1S/C21H26ClN3O5S.ClH/c22-17-6-7-21-19(16-17)23(18-4-1-2-5-20(18)31(21,29)30)8-3-9-24(27)10-12-25(28,13-11-24)14-15-26;/h1-2,4-7,16,26H,3,8-15H2;1H. The lowest BCUT2D eigenvalue weighted by Crippen LogP contribution is -2.63. The largest absolute Gasteiger partial charge is 0.632 e. The normalized spacial score (nSPS) is 26.1. The van der Waals surface area contributed by atoms with Crippen molar-refractivity contribution >= 4 is 45.2 Å². The summed E-state index contributed by atoms with van der Waals surface area (Å²) in [6, 6.07) is 11.6. The third-order valence-electron chi connectivity index (χ3n) is 6.23. The first-order chi connectivity index (χ1) is 14.7. The second-order valence-electron chi connectivity index (χ2n) is 8.27. The van der Waals surface area contributed by atoms with E-state index in [1.54, 1.807) is 36.4 Å². The summed E-state index contributed by atoms with van der Waals surface area (Å²) < 4.78 is 25.2. The molecule has 32 heavy (non-hydrogen) atoms. The van der Waals surface area contributed by atoms with Crippen molar-refractivity contribution in [3.05, 3.63) is 57.9 Å². The van der Waals surface area contributed by atoms with Crippen molar-refractivity contribution in [1.29, 1.82) is 0 Å². The van der Waals surface area contributed by atoms with Gasteiger partial charge in [0.1, 0.15) is 32.7 Å². The Morgan fingerprint density at radius 3 is 2.19 bits per heavy atom. The van der Waals surface area contributed by atoms with Crippen LogP contribution in [0, 0.1) is 10.4 Å². The molecular weight excluding hydrogens is 477 g/mol. The van der Waals surface area contributed by atoms with Gasteiger partial charge < -0.3 is 29.7 Å². The van der Waals surface area contributed by atoms with Gasteiger partial charge in [0.25, 0.3) is 0 Å². The number of piperazine rings is 1. The Kier molecular flexibility index (Phi) is 7.43. The van der Waals surface area contributed by atoms with E-state index in [2.05, 4.69) is 0 Å². The molecule has 0 saturated carbocycles. The average molecular weight is 504 g/mol. The molecule has 1 fully saturated rings. The molecule has 0 atom stereocenters. The number of sulfone groups is 1. The van der Waals surface area contributed by atoms with E-state index >= 15 is 0 Å².